The molecular weight excluding hydrogens is 246 g/mol. The Balaban J connectivity index is 1.73. The first-order valence-corrected chi connectivity index (χ1v) is 7.97. The maximum Gasteiger partial charge on any atom is 0.0607 e. The fourth-order valence-corrected chi connectivity index (χ4v) is 3.46. The van der Waals surface area contributed by atoms with Crippen LogP contribution in [-0.4, -0.2) is 38.8 Å². The Hall–Kier alpha value is -1.22. The first kappa shape index (κ1) is 13.7. The van der Waals surface area contributed by atoms with Gasteiger partial charge in [-0.3, -0.25) is 0 Å². The van der Waals surface area contributed by atoms with Crippen molar-refractivity contribution >= 4 is 11.4 Å². The molecule has 1 heterocycles. The summed E-state index contributed by atoms with van der Waals surface area (Å²) in [7, 11) is 2.20. The van der Waals surface area contributed by atoms with Crippen LogP contribution < -0.4 is 15.1 Å². The monoisotopic (exact) mass is 273 g/mol. The van der Waals surface area contributed by atoms with E-state index >= 15 is 0 Å². The Morgan fingerprint density at radius 3 is 2.55 bits per heavy atom. The number of likely N-dealkylation sites (N-methyl/N-ethyl adjacent to an activating group) is 1. The van der Waals surface area contributed by atoms with Gasteiger partial charge in [0.05, 0.1) is 11.4 Å². The summed E-state index contributed by atoms with van der Waals surface area (Å²) in [4.78, 5) is 5.04. The Morgan fingerprint density at radius 2 is 1.90 bits per heavy atom. The summed E-state index contributed by atoms with van der Waals surface area (Å²) in [6, 6.07) is 10.2. The second kappa shape index (κ2) is 5.65. The number of benzene rings is 1. The Kier molecular flexibility index (Phi) is 3.88. The topological polar surface area (TPSA) is 18.5 Å². The predicted octanol–water partition coefficient (Wildman–Crippen LogP) is 2.72. The van der Waals surface area contributed by atoms with E-state index in [1.165, 1.54) is 24.2 Å². The van der Waals surface area contributed by atoms with E-state index < -0.39 is 0 Å². The van der Waals surface area contributed by atoms with E-state index in [-0.39, 0.29) is 0 Å². The lowest BCUT2D eigenvalue weighted by atomic mass is 9.77. The number of hydrogen-bond acceptors (Lipinski definition) is 3. The molecule has 2 atom stereocenters. The van der Waals surface area contributed by atoms with Crippen LogP contribution in [0, 0.1) is 5.92 Å². The van der Waals surface area contributed by atoms with Crippen LogP contribution in [0.25, 0.3) is 0 Å². The molecule has 0 amide bonds. The highest BCUT2D eigenvalue weighted by Crippen LogP contribution is 2.40. The first-order valence-electron chi connectivity index (χ1n) is 7.97. The van der Waals surface area contributed by atoms with Gasteiger partial charge in [-0.25, -0.2) is 0 Å². The standard InChI is InChI=1S/C17H27N3/c1-13(2)18-12-14-8-9-15(14)20-11-10-19(3)16-6-4-5-7-17(16)20/h4-7,13-15,18H,8-12H2,1-3H3. The van der Waals surface area contributed by atoms with Gasteiger partial charge < -0.3 is 15.1 Å². The molecule has 1 aromatic carbocycles. The molecule has 0 radical (unpaired) electrons. The zero-order chi connectivity index (χ0) is 14.1. The molecule has 1 aliphatic carbocycles. The lowest BCUT2D eigenvalue weighted by Crippen LogP contribution is -2.54. The van der Waals surface area contributed by atoms with Gasteiger partial charge >= 0.3 is 0 Å². The summed E-state index contributed by atoms with van der Waals surface area (Å²) in [5.74, 6) is 0.814. The summed E-state index contributed by atoms with van der Waals surface area (Å²) < 4.78 is 0. The van der Waals surface area contributed by atoms with Gasteiger partial charge in [-0.2, -0.15) is 0 Å². The third-order valence-electron chi connectivity index (χ3n) is 4.84. The molecule has 3 rings (SSSR count). The van der Waals surface area contributed by atoms with Gasteiger partial charge in [0.1, 0.15) is 0 Å². The van der Waals surface area contributed by atoms with Gasteiger partial charge in [0.2, 0.25) is 0 Å². The van der Waals surface area contributed by atoms with Gasteiger partial charge in [0.15, 0.2) is 0 Å². The fraction of sp³-hybridized carbons (Fsp3) is 0.647. The summed E-state index contributed by atoms with van der Waals surface area (Å²) in [5.41, 5.74) is 2.82. The summed E-state index contributed by atoms with van der Waals surface area (Å²) in [6.45, 7) is 7.93. The molecule has 1 aliphatic heterocycles. The lowest BCUT2D eigenvalue weighted by molar-refractivity contribution is 0.229. The highest BCUT2D eigenvalue weighted by atomic mass is 15.3. The van der Waals surface area contributed by atoms with Gasteiger partial charge in [0, 0.05) is 38.8 Å². The van der Waals surface area contributed by atoms with E-state index in [0.29, 0.717) is 6.04 Å². The van der Waals surface area contributed by atoms with E-state index in [1.807, 2.05) is 0 Å². The minimum Gasteiger partial charge on any atom is -0.371 e. The second-order valence-electron chi connectivity index (χ2n) is 6.57. The molecule has 3 heteroatoms. The zero-order valence-corrected chi connectivity index (χ0v) is 13.0. The van der Waals surface area contributed by atoms with Gasteiger partial charge in [-0.1, -0.05) is 26.0 Å². The molecule has 110 valence electrons. The van der Waals surface area contributed by atoms with Gasteiger partial charge in [-0.05, 0) is 30.9 Å². The quantitative estimate of drug-likeness (QED) is 0.910. The van der Waals surface area contributed by atoms with Crippen molar-refractivity contribution in [1.29, 1.82) is 0 Å². The van der Waals surface area contributed by atoms with E-state index in [2.05, 4.69) is 60.3 Å². The molecule has 2 unspecified atom stereocenters. The van der Waals surface area contributed by atoms with Crippen molar-refractivity contribution in [2.24, 2.45) is 5.92 Å². The first-order chi connectivity index (χ1) is 9.66. The third-order valence-corrected chi connectivity index (χ3v) is 4.84. The van der Waals surface area contributed by atoms with E-state index in [0.717, 1.165) is 31.6 Å². The average molecular weight is 273 g/mol. The Labute approximate surface area is 123 Å². The van der Waals surface area contributed by atoms with Crippen molar-refractivity contribution in [3.05, 3.63) is 24.3 Å². The third kappa shape index (κ3) is 2.51. The number of nitrogens with one attached hydrogen (secondary N) is 1. The molecule has 1 saturated carbocycles. The molecule has 20 heavy (non-hydrogen) atoms. The van der Waals surface area contributed by atoms with E-state index in [4.69, 9.17) is 0 Å². The molecule has 2 aliphatic rings. The van der Waals surface area contributed by atoms with Crippen molar-refractivity contribution in [2.45, 2.75) is 38.8 Å². The lowest BCUT2D eigenvalue weighted by Gasteiger charge is -2.49. The van der Waals surface area contributed by atoms with Crippen LogP contribution in [0.2, 0.25) is 0 Å². The highest BCUT2D eigenvalue weighted by Gasteiger charge is 2.37. The van der Waals surface area contributed by atoms with Gasteiger partial charge in [-0.15, -0.1) is 0 Å². The van der Waals surface area contributed by atoms with Crippen molar-refractivity contribution < 1.29 is 0 Å². The Morgan fingerprint density at radius 1 is 1.15 bits per heavy atom. The number of rotatable bonds is 4. The molecular formula is C17H27N3. The summed E-state index contributed by atoms with van der Waals surface area (Å²) >= 11 is 0. The normalized spacial score (nSPS) is 25.6. The molecule has 3 nitrogen and oxygen atoms in total. The van der Waals surface area contributed by atoms with E-state index in [9.17, 15) is 0 Å². The molecule has 0 bridgehead atoms. The van der Waals surface area contributed by atoms with Crippen LogP contribution in [0.1, 0.15) is 26.7 Å². The number of fused-ring (bicyclic) bond motifs is 1. The molecule has 1 N–H and O–H groups in total. The van der Waals surface area contributed by atoms with Crippen LogP contribution in [-0.2, 0) is 0 Å². The SMILES string of the molecule is CC(C)NCC1CCC1N1CCN(C)c2ccccc21. The highest BCUT2D eigenvalue weighted by molar-refractivity contribution is 5.73. The largest absolute Gasteiger partial charge is 0.371 e. The molecule has 1 fully saturated rings. The van der Waals surface area contributed by atoms with E-state index in [1.54, 1.807) is 0 Å². The van der Waals surface area contributed by atoms with Crippen LogP contribution in [0.15, 0.2) is 24.3 Å². The fourth-order valence-electron chi connectivity index (χ4n) is 3.46. The maximum atomic E-state index is 3.61. The van der Waals surface area contributed by atoms with Crippen LogP contribution in [0.3, 0.4) is 0 Å². The summed E-state index contributed by atoms with van der Waals surface area (Å²) in [6.07, 6.45) is 2.72. The maximum absolute atomic E-state index is 3.61. The van der Waals surface area contributed by atoms with Crippen molar-refractivity contribution in [3.63, 3.8) is 0 Å². The number of anilines is 2. The predicted molar refractivity (Wildman–Crippen MR) is 86.7 cm³/mol. The molecule has 0 aromatic heterocycles. The van der Waals surface area contributed by atoms with Crippen molar-refractivity contribution in [1.82, 2.24) is 5.32 Å². The number of hydrogen-bond donors (Lipinski definition) is 1. The minimum atomic E-state index is 0.594. The molecule has 1 aromatic rings. The molecule has 0 saturated heterocycles. The second-order valence-corrected chi connectivity index (χ2v) is 6.57. The van der Waals surface area contributed by atoms with Crippen molar-refractivity contribution in [3.8, 4) is 0 Å². The average Bonchev–Trinajstić information content (AvgIpc) is 2.41. The minimum absolute atomic E-state index is 0.594. The van der Waals surface area contributed by atoms with Gasteiger partial charge in [0.25, 0.3) is 0 Å². The zero-order valence-electron chi connectivity index (χ0n) is 13.0. The smallest absolute Gasteiger partial charge is 0.0607 e. The van der Waals surface area contributed by atoms with Crippen LogP contribution >= 0.6 is 0 Å². The van der Waals surface area contributed by atoms with Crippen LogP contribution in [0.4, 0.5) is 11.4 Å². The Bertz CT molecular complexity index is 457. The number of nitrogens with zero attached hydrogens (tertiary/aromatic N) is 2. The number of para-hydroxylation sites is 2. The molecule has 0 spiro atoms. The summed E-state index contributed by atoms with van der Waals surface area (Å²) in [5, 5.41) is 3.61. The van der Waals surface area contributed by atoms with Crippen LogP contribution in [0.5, 0.6) is 0 Å². The van der Waals surface area contributed by atoms with Crippen molar-refractivity contribution in [2.75, 3.05) is 36.5 Å².